The fourth-order valence-electron chi connectivity index (χ4n) is 1.92. The zero-order valence-electron chi connectivity index (χ0n) is 9.67. The summed E-state index contributed by atoms with van der Waals surface area (Å²) in [6.07, 6.45) is -2.55. The molecule has 2 N–H and O–H groups in total. The highest BCUT2D eigenvalue weighted by Crippen LogP contribution is 2.32. The molecular weight excluding hydrogens is 265 g/mol. The number of benzene rings is 1. The zero-order valence-corrected chi connectivity index (χ0v) is 10.4. The lowest BCUT2D eigenvalue weighted by molar-refractivity contribution is -0.148. The number of rotatable bonds is 4. The van der Waals surface area contributed by atoms with E-state index in [1.54, 1.807) is 18.2 Å². The molecule has 1 aromatic carbocycles. The highest BCUT2D eigenvalue weighted by Gasteiger charge is 2.38. The highest BCUT2D eigenvalue weighted by molar-refractivity contribution is 6.31. The van der Waals surface area contributed by atoms with Crippen LogP contribution in [0.15, 0.2) is 18.2 Å². The van der Waals surface area contributed by atoms with E-state index < -0.39 is 12.7 Å². The van der Waals surface area contributed by atoms with Crippen molar-refractivity contribution in [2.75, 3.05) is 12.3 Å². The van der Waals surface area contributed by atoms with Gasteiger partial charge in [0.25, 0.3) is 0 Å². The maximum atomic E-state index is 12.5. The Labute approximate surface area is 109 Å². The molecule has 6 heteroatoms. The molecule has 0 heterocycles. The van der Waals surface area contributed by atoms with Gasteiger partial charge in [0.15, 0.2) is 0 Å². The summed E-state index contributed by atoms with van der Waals surface area (Å²) in [6, 6.07) is 4.90. The van der Waals surface area contributed by atoms with Crippen LogP contribution >= 0.6 is 11.6 Å². The number of nitrogens with zero attached hydrogens (tertiary/aromatic N) is 1. The number of anilines is 1. The van der Waals surface area contributed by atoms with Gasteiger partial charge in [0.05, 0.1) is 6.54 Å². The summed E-state index contributed by atoms with van der Waals surface area (Å²) in [5.41, 5.74) is 6.78. The van der Waals surface area contributed by atoms with Crippen LogP contribution in [0.1, 0.15) is 18.4 Å². The predicted octanol–water partition coefficient (Wildman–Crippen LogP) is 3.45. The monoisotopic (exact) mass is 278 g/mol. The molecule has 0 unspecified atom stereocenters. The van der Waals surface area contributed by atoms with E-state index in [1.807, 2.05) is 0 Å². The fourth-order valence-corrected chi connectivity index (χ4v) is 2.10. The van der Waals surface area contributed by atoms with Crippen molar-refractivity contribution in [3.8, 4) is 0 Å². The lowest BCUT2D eigenvalue weighted by Crippen LogP contribution is -2.35. The summed E-state index contributed by atoms with van der Waals surface area (Å²) in [5, 5.41) is 0.456. The van der Waals surface area contributed by atoms with Crippen molar-refractivity contribution in [1.29, 1.82) is 0 Å². The summed E-state index contributed by atoms with van der Waals surface area (Å²) in [6.45, 7) is -0.711. The van der Waals surface area contributed by atoms with Crippen molar-refractivity contribution in [1.82, 2.24) is 4.90 Å². The molecule has 1 saturated carbocycles. The average molecular weight is 279 g/mol. The first-order valence-electron chi connectivity index (χ1n) is 5.70. The van der Waals surface area contributed by atoms with Crippen molar-refractivity contribution >= 4 is 17.3 Å². The lowest BCUT2D eigenvalue weighted by Gasteiger charge is -2.24. The van der Waals surface area contributed by atoms with Crippen LogP contribution in [-0.2, 0) is 6.54 Å². The number of nitrogen functional groups attached to an aromatic ring is 1. The van der Waals surface area contributed by atoms with Crippen LogP contribution < -0.4 is 5.73 Å². The van der Waals surface area contributed by atoms with Gasteiger partial charge in [-0.15, -0.1) is 0 Å². The standard InChI is InChI=1S/C12H14ClF3N2/c13-11-4-1-9(17)5-8(11)6-18(10-2-3-10)7-12(14,15)16/h1,4-5,10H,2-3,6-7,17H2. The minimum absolute atomic E-state index is 0.0177. The van der Waals surface area contributed by atoms with Gasteiger partial charge >= 0.3 is 6.18 Å². The quantitative estimate of drug-likeness (QED) is 0.855. The Balaban J connectivity index is 2.11. The van der Waals surface area contributed by atoms with E-state index >= 15 is 0 Å². The van der Waals surface area contributed by atoms with Crippen LogP contribution in [0.4, 0.5) is 18.9 Å². The first-order chi connectivity index (χ1) is 8.35. The number of nitrogens with two attached hydrogens (primary N) is 1. The average Bonchev–Trinajstić information content (AvgIpc) is 3.04. The van der Waals surface area contributed by atoms with E-state index in [1.165, 1.54) is 4.90 Å². The Morgan fingerprint density at radius 2 is 2.00 bits per heavy atom. The van der Waals surface area contributed by atoms with Crippen LogP contribution in [0, 0.1) is 0 Å². The number of alkyl halides is 3. The van der Waals surface area contributed by atoms with E-state index in [4.69, 9.17) is 17.3 Å². The lowest BCUT2D eigenvalue weighted by atomic mass is 10.2. The first kappa shape index (κ1) is 13.5. The molecule has 0 aliphatic heterocycles. The minimum Gasteiger partial charge on any atom is -0.399 e. The molecule has 1 aliphatic carbocycles. The van der Waals surface area contributed by atoms with Gasteiger partial charge in [-0.2, -0.15) is 13.2 Å². The van der Waals surface area contributed by atoms with E-state index in [2.05, 4.69) is 0 Å². The van der Waals surface area contributed by atoms with Crippen molar-refractivity contribution < 1.29 is 13.2 Å². The minimum atomic E-state index is -4.19. The maximum absolute atomic E-state index is 12.5. The first-order valence-corrected chi connectivity index (χ1v) is 6.07. The van der Waals surface area contributed by atoms with Gasteiger partial charge in [-0.3, -0.25) is 4.90 Å². The SMILES string of the molecule is Nc1ccc(Cl)c(CN(CC(F)(F)F)C2CC2)c1. The number of halogens is 4. The van der Waals surface area contributed by atoms with Crippen LogP contribution in [0.3, 0.4) is 0 Å². The van der Waals surface area contributed by atoms with Crippen LogP contribution in [0.2, 0.25) is 5.02 Å². The second kappa shape index (κ2) is 4.97. The third-order valence-electron chi connectivity index (χ3n) is 2.89. The smallest absolute Gasteiger partial charge is 0.399 e. The van der Waals surface area contributed by atoms with Gasteiger partial charge in [-0.1, -0.05) is 11.6 Å². The van der Waals surface area contributed by atoms with Gasteiger partial charge < -0.3 is 5.73 Å². The van der Waals surface area contributed by atoms with Crippen LogP contribution in [-0.4, -0.2) is 23.7 Å². The van der Waals surface area contributed by atoms with E-state index in [9.17, 15) is 13.2 Å². The van der Waals surface area contributed by atoms with Gasteiger partial charge in [0.2, 0.25) is 0 Å². The normalized spacial score (nSPS) is 16.3. The summed E-state index contributed by atoms with van der Waals surface area (Å²) < 4.78 is 37.4. The van der Waals surface area contributed by atoms with Crippen LogP contribution in [0.5, 0.6) is 0 Å². The van der Waals surface area contributed by atoms with Crippen LogP contribution in [0.25, 0.3) is 0 Å². The second-order valence-electron chi connectivity index (χ2n) is 4.60. The third kappa shape index (κ3) is 3.78. The number of hydrogen-bond acceptors (Lipinski definition) is 2. The topological polar surface area (TPSA) is 29.3 Å². The Morgan fingerprint density at radius 3 is 2.56 bits per heavy atom. The Bertz CT molecular complexity index is 430. The van der Waals surface area contributed by atoms with Crippen molar-refractivity contribution in [2.24, 2.45) is 0 Å². The predicted molar refractivity (Wildman–Crippen MR) is 65.4 cm³/mol. The molecule has 1 fully saturated rings. The molecule has 0 saturated heterocycles. The van der Waals surface area contributed by atoms with Crippen molar-refractivity contribution in [3.05, 3.63) is 28.8 Å². The molecule has 1 aromatic rings. The number of hydrogen-bond donors (Lipinski definition) is 1. The Hall–Kier alpha value is -0.940. The molecule has 0 spiro atoms. The molecule has 2 rings (SSSR count). The summed E-state index contributed by atoms with van der Waals surface area (Å²) >= 11 is 5.97. The molecule has 18 heavy (non-hydrogen) atoms. The van der Waals surface area contributed by atoms with E-state index in [0.29, 0.717) is 16.3 Å². The Kier molecular flexibility index (Phi) is 3.73. The second-order valence-corrected chi connectivity index (χ2v) is 5.01. The third-order valence-corrected chi connectivity index (χ3v) is 3.26. The molecule has 2 nitrogen and oxygen atoms in total. The van der Waals surface area contributed by atoms with Gasteiger partial charge in [0.1, 0.15) is 0 Å². The van der Waals surface area contributed by atoms with E-state index in [-0.39, 0.29) is 12.6 Å². The molecule has 0 atom stereocenters. The molecule has 0 amide bonds. The van der Waals surface area contributed by atoms with E-state index in [0.717, 1.165) is 12.8 Å². The largest absolute Gasteiger partial charge is 0.401 e. The van der Waals surface area contributed by atoms with Gasteiger partial charge in [0, 0.05) is 23.3 Å². The van der Waals surface area contributed by atoms with Crippen molar-refractivity contribution in [2.45, 2.75) is 31.6 Å². The van der Waals surface area contributed by atoms with Gasteiger partial charge in [-0.05, 0) is 36.6 Å². The highest BCUT2D eigenvalue weighted by atomic mass is 35.5. The summed E-state index contributed by atoms with van der Waals surface area (Å²) in [5.74, 6) is 0. The summed E-state index contributed by atoms with van der Waals surface area (Å²) in [7, 11) is 0. The zero-order chi connectivity index (χ0) is 13.3. The van der Waals surface area contributed by atoms with Gasteiger partial charge in [-0.25, -0.2) is 0 Å². The molecule has 0 radical (unpaired) electrons. The molecular formula is C12H14ClF3N2. The molecule has 1 aliphatic rings. The molecule has 100 valence electrons. The Morgan fingerprint density at radius 1 is 1.33 bits per heavy atom. The van der Waals surface area contributed by atoms with Crippen molar-refractivity contribution in [3.63, 3.8) is 0 Å². The molecule has 0 aromatic heterocycles. The maximum Gasteiger partial charge on any atom is 0.401 e. The fraction of sp³-hybridized carbons (Fsp3) is 0.500. The summed E-state index contributed by atoms with van der Waals surface area (Å²) in [4.78, 5) is 1.42. The molecule has 0 bridgehead atoms.